The first-order chi connectivity index (χ1) is 17.9. The maximum Gasteiger partial charge on any atom is 0.416 e. The number of alkyl halides is 3. The van der Waals surface area contributed by atoms with Crippen LogP contribution in [0, 0.1) is 18.8 Å². The van der Waals surface area contributed by atoms with Crippen molar-refractivity contribution in [2.24, 2.45) is 5.73 Å². The van der Waals surface area contributed by atoms with E-state index in [1.807, 2.05) is 0 Å². The third-order valence-corrected chi connectivity index (χ3v) is 6.08. The molecule has 2 aromatic carbocycles. The van der Waals surface area contributed by atoms with Crippen LogP contribution in [0.15, 0.2) is 54.6 Å². The van der Waals surface area contributed by atoms with E-state index in [2.05, 4.69) is 21.8 Å². The summed E-state index contributed by atoms with van der Waals surface area (Å²) >= 11 is 0. The van der Waals surface area contributed by atoms with Crippen molar-refractivity contribution >= 4 is 11.9 Å². The Morgan fingerprint density at radius 2 is 1.89 bits per heavy atom. The molecule has 4 rings (SSSR count). The molecule has 3 N–H and O–H groups in total. The van der Waals surface area contributed by atoms with Gasteiger partial charge in [0.2, 0.25) is 11.7 Å². The van der Waals surface area contributed by atoms with Gasteiger partial charge in [0.25, 0.3) is 0 Å². The highest BCUT2D eigenvalue weighted by atomic mass is 19.4. The number of aryl methyl sites for hydroxylation is 1. The smallest absolute Gasteiger partial charge is 0.416 e. The molecule has 2 atom stereocenters. The first-order valence-corrected chi connectivity index (χ1v) is 11.4. The SMILES string of the molecule is Cc1cc(-c2ccc(C(F)(F)F)cc2)nc(C#CC[C@@]2(N)C(=O)N(C)CC2OC(=O)c2ccccc2O)n1. The standard InChI is InChI=1S/C27H23F3N4O4/c1-16-14-20(17-9-11-18(12-10-17)27(28,29)30)33-23(32-16)8-5-13-26(31)22(15-34(2)25(26)37)38-24(36)19-6-3-4-7-21(19)35/h3-4,6-7,9-12,14,22,35H,13,15,31H2,1-2H3/t22?,26-/m0/s1. The van der Waals surface area contributed by atoms with Gasteiger partial charge in [-0.1, -0.05) is 30.2 Å². The lowest BCUT2D eigenvalue weighted by Gasteiger charge is -2.26. The minimum absolute atomic E-state index is 0.0371. The Morgan fingerprint density at radius 1 is 1.21 bits per heavy atom. The number of nitrogens with two attached hydrogens (primary N) is 1. The lowest BCUT2D eigenvalue weighted by Crippen LogP contribution is -2.55. The number of aromatic hydroxyl groups is 1. The predicted molar refractivity (Wildman–Crippen MR) is 131 cm³/mol. The molecule has 1 saturated heterocycles. The molecular weight excluding hydrogens is 501 g/mol. The first kappa shape index (κ1) is 26.6. The molecule has 1 unspecified atom stereocenters. The molecule has 11 heteroatoms. The molecule has 1 fully saturated rings. The second kappa shape index (κ2) is 10.1. The molecular formula is C27H23F3N4O4. The van der Waals surface area contributed by atoms with Crippen LogP contribution in [-0.4, -0.2) is 57.1 Å². The van der Waals surface area contributed by atoms with Gasteiger partial charge in [-0.15, -0.1) is 0 Å². The third-order valence-electron chi connectivity index (χ3n) is 6.08. The average molecular weight is 524 g/mol. The number of phenols is 1. The van der Waals surface area contributed by atoms with Crippen LogP contribution in [0.4, 0.5) is 13.2 Å². The molecule has 3 aromatic rings. The third kappa shape index (κ3) is 5.45. The van der Waals surface area contributed by atoms with Gasteiger partial charge in [0.1, 0.15) is 23.0 Å². The van der Waals surface area contributed by atoms with Crippen LogP contribution in [0.1, 0.15) is 33.9 Å². The number of likely N-dealkylation sites (tertiary alicyclic amines) is 1. The van der Waals surface area contributed by atoms with Crippen molar-refractivity contribution in [2.75, 3.05) is 13.6 Å². The highest BCUT2D eigenvalue weighted by Crippen LogP contribution is 2.31. The average Bonchev–Trinajstić information content (AvgIpc) is 3.07. The van der Waals surface area contributed by atoms with Crippen molar-refractivity contribution in [2.45, 2.75) is 31.2 Å². The van der Waals surface area contributed by atoms with Gasteiger partial charge in [-0.3, -0.25) is 4.79 Å². The highest BCUT2D eigenvalue weighted by molar-refractivity contribution is 5.94. The number of carbonyl (C=O) groups excluding carboxylic acids is 2. The van der Waals surface area contributed by atoms with E-state index in [9.17, 15) is 27.9 Å². The molecule has 0 saturated carbocycles. The number of ether oxygens (including phenoxy) is 1. The van der Waals surface area contributed by atoms with Gasteiger partial charge in [0.15, 0.2) is 0 Å². The Labute approximate surface area is 216 Å². The van der Waals surface area contributed by atoms with E-state index in [4.69, 9.17) is 10.5 Å². The molecule has 1 aliphatic rings. The van der Waals surface area contributed by atoms with E-state index in [0.29, 0.717) is 17.0 Å². The summed E-state index contributed by atoms with van der Waals surface area (Å²) < 4.78 is 44.1. The summed E-state index contributed by atoms with van der Waals surface area (Å²) in [6, 6.07) is 12.0. The van der Waals surface area contributed by atoms with Crippen molar-refractivity contribution in [1.29, 1.82) is 0 Å². The number of nitrogens with zero attached hydrogens (tertiary/aromatic N) is 3. The summed E-state index contributed by atoms with van der Waals surface area (Å²) in [6.07, 6.45) is -5.68. The molecule has 2 heterocycles. The lowest BCUT2D eigenvalue weighted by atomic mass is 9.92. The number of amides is 1. The summed E-state index contributed by atoms with van der Waals surface area (Å²) in [4.78, 5) is 35.3. The second-order valence-electron chi connectivity index (χ2n) is 8.91. The van der Waals surface area contributed by atoms with Crippen molar-refractivity contribution in [1.82, 2.24) is 14.9 Å². The zero-order chi connectivity index (χ0) is 27.7. The van der Waals surface area contributed by atoms with Crippen molar-refractivity contribution < 1.29 is 32.6 Å². The van der Waals surface area contributed by atoms with Crippen LogP contribution in [0.3, 0.4) is 0 Å². The molecule has 0 radical (unpaired) electrons. The number of hydrogen-bond acceptors (Lipinski definition) is 7. The Hall–Kier alpha value is -4.43. The topological polar surface area (TPSA) is 119 Å². The van der Waals surface area contributed by atoms with Gasteiger partial charge >= 0.3 is 12.1 Å². The molecule has 1 aliphatic heterocycles. The van der Waals surface area contributed by atoms with Gasteiger partial charge in [0.05, 0.1) is 17.8 Å². The number of hydrogen-bond donors (Lipinski definition) is 2. The second-order valence-corrected chi connectivity index (χ2v) is 8.91. The largest absolute Gasteiger partial charge is 0.507 e. The monoisotopic (exact) mass is 524 g/mol. The van der Waals surface area contributed by atoms with Crippen LogP contribution in [0.2, 0.25) is 0 Å². The minimum Gasteiger partial charge on any atom is -0.507 e. The number of aromatic nitrogens is 2. The quantitative estimate of drug-likeness (QED) is 0.397. The van der Waals surface area contributed by atoms with E-state index >= 15 is 0 Å². The molecule has 1 aromatic heterocycles. The van der Waals surface area contributed by atoms with Crippen molar-refractivity contribution in [3.63, 3.8) is 0 Å². The lowest BCUT2D eigenvalue weighted by molar-refractivity contribution is -0.137. The number of halogens is 3. The molecule has 0 spiro atoms. The molecule has 8 nitrogen and oxygen atoms in total. The van der Waals surface area contributed by atoms with E-state index in [1.54, 1.807) is 25.1 Å². The number of carbonyl (C=O) groups is 2. The van der Waals surface area contributed by atoms with Crippen molar-refractivity contribution in [3.8, 4) is 28.8 Å². The van der Waals surface area contributed by atoms with Crippen LogP contribution in [0.25, 0.3) is 11.3 Å². The maximum absolute atomic E-state index is 12.9. The number of rotatable bonds is 4. The van der Waals surface area contributed by atoms with Crippen molar-refractivity contribution in [3.05, 3.63) is 77.2 Å². The van der Waals surface area contributed by atoms with Gasteiger partial charge in [-0.2, -0.15) is 13.2 Å². The van der Waals surface area contributed by atoms with E-state index in [0.717, 1.165) is 12.1 Å². The Morgan fingerprint density at radius 3 is 2.55 bits per heavy atom. The van der Waals surface area contributed by atoms with Crippen LogP contribution in [-0.2, 0) is 15.7 Å². The number of para-hydroxylation sites is 1. The fourth-order valence-electron chi connectivity index (χ4n) is 4.03. The van der Waals surface area contributed by atoms with Gasteiger partial charge < -0.3 is 20.5 Å². The van der Waals surface area contributed by atoms with E-state index in [-0.39, 0.29) is 30.1 Å². The number of benzene rings is 2. The van der Waals surface area contributed by atoms with Gasteiger partial charge in [-0.25, -0.2) is 14.8 Å². The maximum atomic E-state index is 12.9. The molecule has 0 bridgehead atoms. The predicted octanol–water partition coefficient (Wildman–Crippen LogP) is 3.31. The normalized spacial score (nSPS) is 19.2. The van der Waals surface area contributed by atoms with E-state index < -0.39 is 35.3 Å². The summed E-state index contributed by atoms with van der Waals surface area (Å²) in [6.45, 7) is 1.73. The number of phenolic OH excluding ortho intramolecular Hbond substituents is 1. The summed E-state index contributed by atoms with van der Waals surface area (Å²) in [7, 11) is 1.52. The van der Waals surface area contributed by atoms with Gasteiger partial charge in [0, 0.05) is 24.7 Å². The molecule has 1 amide bonds. The summed E-state index contributed by atoms with van der Waals surface area (Å²) in [5.41, 5.74) is 5.28. The fraction of sp³-hybridized carbons (Fsp3) is 0.259. The summed E-state index contributed by atoms with van der Waals surface area (Å²) in [5.74, 6) is 4.05. The minimum atomic E-state index is -4.45. The zero-order valence-electron chi connectivity index (χ0n) is 20.4. The Bertz CT molecular complexity index is 1450. The van der Waals surface area contributed by atoms with Gasteiger partial charge in [-0.05, 0) is 43.2 Å². The molecule has 0 aliphatic carbocycles. The first-order valence-electron chi connectivity index (χ1n) is 11.4. The zero-order valence-corrected chi connectivity index (χ0v) is 20.4. The van der Waals surface area contributed by atoms with Crippen LogP contribution >= 0.6 is 0 Å². The molecule has 38 heavy (non-hydrogen) atoms. The van der Waals surface area contributed by atoms with Crippen LogP contribution in [0.5, 0.6) is 5.75 Å². The highest BCUT2D eigenvalue weighted by Gasteiger charge is 2.52. The number of likely N-dealkylation sites (N-methyl/N-ethyl adjacent to an activating group) is 1. The Balaban J connectivity index is 1.55. The van der Waals surface area contributed by atoms with E-state index in [1.165, 1.54) is 36.2 Å². The Kier molecular flexibility index (Phi) is 7.11. The van der Waals surface area contributed by atoms with Crippen LogP contribution < -0.4 is 5.73 Å². The molecule has 196 valence electrons. The number of esters is 1. The fourth-order valence-corrected chi connectivity index (χ4v) is 4.03. The summed E-state index contributed by atoms with van der Waals surface area (Å²) in [5, 5.41) is 9.94.